The normalized spacial score (nSPS) is 20.4. The van der Waals surface area contributed by atoms with E-state index in [0.29, 0.717) is 13.1 Å². The first kappa shape index (κ1) is 14.3. The summed E-state index contributed by atoms with van der Waals surface area (Å²) in [7, 11) is 0. The Morgan fingerprint density at radius 3 is 2.89 bits per heavy atom. The standard InChI is InChI=1S/C13H21N3O2S/c1-9-15-11(8-19-9)10-7-16(6-5-14-10)12(17)18-13(2,3)4/h8,10,14H,5-7H2,1-4H3. The highest BCUT2D eigenvalue weighted by atomic mass is 32.1. The molecule has 0 saturated carbocycles. The largest absolute Gasteiger partial charge is 0.444 e. The van der Waals surface area contributed by atoms with E-state index in [2.05, 4.69) is 10.3 Å². The van der Waals surface area contributed by atoms with Crippen molar-refractivity contribution in [2.75, 3.05) is 19.6 Å². The summed E-state index contributed by atoms with van der Waals surface area (Å²) in [6.45, 7) is 9.69. The highest BCUT2D eigenvalue weighted by Gasteiger charge is 2.28. The number of piperazine rings is 1. The van der Waals surface area contributed by atoms with E-state index in [1.54, 1.807) is 16.2 Å². The first-order valence-corrected chi connectivity index (χ1v) is 7.36. The monoisotopic (exact) mass is 283 g/mol. The highest BCUT2D eigenvalue weighted by molar-refractivity contribution is 7.09. The fraction of sp³-hybridized carbons (Fsp3) is 0.692. The summed E-state index contributed by atoms with van der Waals surface area (Å²) in [6.07, 6.45) is -0.244. The van der Waals surface area contributed by atoms with E-state index in [1.165, 1.54) is 0 Å². The molecule has 1 amide bonds. The number of nitrogens with one attached hydrogen (secondary N) is 1. The summed E-state index contributed by atoms with van der Waals surface area (Å²) in [6, 6.07) is 0.103. The molecule has 1 unspecified atom stereocenters. The Labute approximate surface area is 118 Å². The smallest absolute Gasteiger partial charge is 0.410 e. The Balaban J connectivity index is 1.99. The Morgan fingerprint density at radius 1 is 1.58 bits per heavy atom. The molecular formula is C13H21N3O2S. The molecule has 1 aliphatic heterocycles. The minimum absolute atomic E-state index is 0.103. The van der Waals surface area contributed by atoms with Crippen molar-refractivity contribution >= 4 is 17.4 Å². The van der Waals surface area contributed by atoms with Crippen molar-refractivity contribution in [1.29, 1.82) is 0 Å². The summed E-state index contributed by atoms with van der Waals surface area (Å²) in [4.78, 5) is 18.3. The molecule has 0 radical (unpaired) electrons. The van der Waals surface area contributed by atoms with Gasteiger partial charge in [0, 0.05) is 25.0 Å². The lowest BCUT2D eigenvalue weighted by atomic mass is 10.1. The molecule has 2 heterocycles. The zero-order chi connectivity index (χ0) is 14.0. The van der Waals surface area contributed by atoms with Crippen LogP contribution in [0.25, 0.3) is 0 Å². The van der Waals surface area contributed by atoms with Gasteiger partial charge in [0.25, 0.3) is 0 Å². The third-order valence-corrected chi connectivity index (χ3v) is 3.61. The maximum atomic E-state index is 12.1. The van der Waals surface area contributed by atoms with Crippen LogP contribution in [0.15, 0.2) is 5.38 Å². The summed E-state index contributed by atoms with van der Waals surface area (Å²) in [5.41, 5.74) is 0.560. The van der Waals surface area contributed by atoms with Crippen molar-refractivity contribution in [2.24, 2.45) is 0 Å². The van der Waals surface area contributed by atoms with Crippen LogP contribution in [0, 0.1) is 6.92 Å². The number of thiazole rings is 1. The van der Waals surface area contributed by atoms with Crippen molar-refractivity contribution in [3.8, 4) is 0 Å². The number of rotatable bonds is 1. The molecule has 1 saturated heterocycles. The molecule has 0 aromatic carbocycles. The molecule has 1 fully saturated rings. The van der Waals surface area contributed by atoms with Crippen LogP contribution >= 0.6 is 11.3 Å². The van der Waals surface area contributed by atoms with Gasteiger partial charge >= 0.3 is 6.09 Å². The Kier molecular flexibility index (Phi) is 4.10. The molecule has 1 aliphatic rings. The van der Waals surface area contributed by atoms with Crippen molar-refractivity contribution in [3.05, 3.63) is 16.1 Å². The van der Waals surface area contributed by atoms with Crippen LogP contribution in [0.5, 0.6) is 0 Å². The summed E-state index contributed by atoms with van der Waals surface area (Å²) >= 11 is 1.63. The van der Waals surface area contributed by atoms with Gasteiger partial charge in [0.1, 0.15) is 5.60 Å². The first-order chi connectivity index (χ1) is 8.85. The topological polar surface area (TPSA) is 54.5 Å². The molecule has 106 valence electrons. The van der Waals surface area contributed by atoms with Crippen LogP contribution in [-0.4, -0.2) is 41.2 Å². The number of amides is 1. The van der Waals surface area contributed by atoms with Gasteiger partial charge in [-0.1, -0.05) is 0 Å². The second-order valence-corrected chi connectivity index (χ2v) is 6.79. The van der Waals surface area contributed by atoms with E-state index >= 15 is 0 Å². The third kappa shape index (κ3) is 3.91. The zero-order valence-electron chi connectivity index (χ0n) is 11.9. The zero-order valence-corrected chi connectivity index (χ0v) is 12.7. The number of aromatic nitrogens is 1. The van der Waals surface area contributed by atoms with E-state index in [-0.39, 0.29) is 12.1 Å². The Bertz CT molecular complexity index is 453. The minimum Gasteiger partial charge on any atom is -0.444 e. The third-order valence-electron chi connectivity index (χ3n) is 2.82. The number of aryl methyl sites for hydroxylation is 1. The van der Waals surface area contributed by atoms with Gasteiger partial charge in [0.2, 0.25) is 0 Å². The maximum Gasteiger partial charge on any atom is 0.410 e. The number of carbonyl (C=O) groups is 1. The van der Waals surface area contributed by atoms with E-state index in [9.17, 15) is 4.79 Å². The van der Waals surface area contributed by atoms with E-state index in [0.717, 1.165) is 17.2 Å². The van der Waals surface area contributed by atoms with Gasteiger partial charge in [-0.3, -0.25) is 0 Å². The molecule has 5 nitrogen and oxygen atoms in total. The summed E-state index contributed by atoms with van der Waals surface area (Å²) < 4.78 is 5.41. The second kappa shape index (κ2) is 5.46. The number of hydrogen-bond acceptors (Lipinski definition) is 5. The number of ether oxygens (including phenoxy) is 1. The molecule has 1 aromatic rings. The fourth-order valence-electron chi connectivity index (χ4n) is 1.98. The molecule has 0 bridgehead atoms. The number of hydrogen-bond donors (Lipinski definition) is 1. The SMILES string of the molecule is Cc1nc(C2CN(C(=O)OC(C)(C)C)CCN2)cs1. The summed E-state index contributed by atoms with van der Waals surface area (Å²) in [5.74, 6) is 0. The van der Waals surface area contributed by atoms with Gasteiger partial charge in [0.15, 0.2) is 0 Å². The van der Waals surface area contributed by atoms with Crippen molar-refractivity contribution in [1.82, 2.24) is 15.2 Å². The van der Waals surface area contributed by atoms with E-state index < -0.39 is 5.60 Å². The lowest BCUT2D eigenvalue weighted by molar-refractivity contribution is 0.0194. The minimum atomic E-state index is -0.450. The Hall–Kier alpha value is -1.14. The van der Waals surface area contributed by atoms with Crippen LogP contribution < -0.4 is 5.32 Å². The molecule has 0 spiro atoms. The van der Waals surface area contributed by atoms with Crippen molar-refractivity contribution < 1.29 is 9.53 Å². The average molecular weight is 283 g/mol. The lowest BCUT2D eigenvalue weighted by Crippen LogP contribution is -2.49. The van der Waals surface area contributed by atoms with Crippen LogP contribution in [0.4, 0.5) is 4.79 Å². The molecule has 1 aromatic heterocycles. The van der Waals surface area contributed by atoms with Gasteiger partial charge in [0.05, 0.1) is 16.7 Å². The van der Waals surface area contributed by atoms with Gasteiger partial charge in [-0.05, 0) is 27.7 Å². The summed E-state index contributed by atoms with van der Waals surface area (Å²) in [5, 5.41) is 6.49. The molecule has 1 N–H and O–H groups in total. The molecule has 0 aliphatic carbocycles. The van der Waals surface area contributed by atoms with Crippen LogP contribution in [0.3, 0.4) is 0 Å². The number of nitrogens with zero attached hydrogens (tertiary/aromatic N) is 2. The molecular weight excluding hydrogens is 262 g/mol. The second-order valence-electron chi connectivity index (χ2n) is 5.72. The van der Waals surface area contributed by atoms with Crippen LogP contribution in [-0.2, 0) is 4.74 Å². The van der Waals surface area contributed by atoms with Crippen molar-refractivity contribution in [2.45, 2.75) is 39.3 Å². The molecule has 6 heteroatoms. The predicted octanol–water partition coefficient (Wildman–Crippen LogP) is 2.33. The van der Waals surface area contributed by atoms with Gasteiger partial charge < -0.3 is 15.0 Å². The molecule has 19 heavy (non-hydrogen) atoms. The van der Waals surface area contributed by atoms with Gasteiger partial charge in [-0.2, -0.15) is 0 Å². The van der Waals surface area contributed by atoms with E-state index in [4.69, 9.17) is 4.74 Å². The van der Waals surface area contributed by atoms with Crippen molar-refractivity contribution in [3.63, 3.8) is 0 Å². The lowest BCUT2D eigenvalue weighted by Gasteiger charge is -2.34. The quantitative estimate of drug-likeness (QED) is 0.859. The van der Waals surface area contributed by atoms with Gasteiger partial charge in [-0.15, -0.1) is 11.3 Å². The maximum absolute atomic E-state index is 12.1. The van der Waals surface area contributed by atoms with Gasteiger partial charge in [-0.25, -0.2) is 9.78 Å². The average Bonchev–Trinajstić information content (AvgIpc) is 2.74. The molecule has 2 rings (SSSR count). The van der Waals surface area contributed by atoms with Crippen LogP contribution in [0.1, 0.15) is 37.5 Å². The Morgan fingerprint density at radius 2 is 2.32 bits per heavy atom. The highest BCUT2D eigenvalue weighted by Crippen LogP contribution is 2.20. The van der Waals surface area contributed by atoms with Crippen LogP contribution in [0.2, 0.25) is 0 Å². The molecule has 1 atom stereocenters. The van der Waals surface area contributed by atoms with E-state index in [1.807, 2.05) is 33.1 Å². The first-order valence-electron chi connectivity index (χ1n) is 6.48. The predicted molar refractivity (Wildman–Crippen MR) is 75.4 cm³/mol. The fourth-order valence-corrected chi connectivity index (χ4v) is 2.65. The number of carbonyl (C=O) groups excluding carboxylic acids is 1.